The molecule has 9 heteroatoms. The molecule has 1 fully saturated rings. The molecule has 1 aliphatic rings. The Morgan fingerprint density at radius 3 is 2.91 bits per heavy atom. The van der Waals surface area contributed by atoms with E-state index in [-0.39, 0.29) is 11.2 Å². The summed E-state index contributed by atoms with van der Waals surface area (Å²) in [5.74, 6) is 0.191. The maximum absolute atomic E-state index is 12.2. The summed E-state index contributed by atoms with van der Waals surface area (Å²) in [6, 6.07) is 2.02. The fraction of sp³-hybridized carbons (Fsp3) is 0.643. The molecule has 1 atom stereocenters. The largest absolute Gasteiger partial charge is 0.338 e. The Bertz CT molecular complexity index is 664. The summed E-state index contributed by atoms with van der Waals surface area (Å²) < 4.78 is 6.87. The molecule has 1 amide bonds. The second-order valence-corrected chi connectivity index (χ2v) is 7.09. The van der Waals surface area contributed by atoms with Crippen LogP contribution in [0.1, 0.15) is 50.8 Å². The van der Waals surface area contributed by atoms with Crippen LogP contribution in [0.25, 0.3) is 0 Å². The van der Waals surface area contributed by atoms with Crippen molar-refractivity contribution in [1.82, 2.24) is 25.4 Å². The topological polar surface area (TPSA) is 98.7 Å². The lowest BCUT2D eigenvalue weighted by Crippen LogP contribution is -2.23. The highest BCUT2D eigenvalue weighted by molar-refractivity contribution is 8.00. The summed E-state index contributed by atoms with van der Waals surface area (Å²) >= 11 is 1.36. The van der Waals surface area contributed by atoms with Gasteiger partial charge in [0, 0.05) is 6.07 Å². The lowest BCUT2D eigenvalue weighted by molar-refractivity contribution is -0.115. The zero-order valence-corrected chi connectivity index (χ0v) is 14.0. The lowest BCUT2D eigenvalue weighted by Gasteiger charge is -2.22. The highest BCUT2D eigenvalue weighted by Gasteiger charge is 2.24. The minimum atomic E-state index is -0.339. The van der Waals surface area contributed by atoms with Crippen LogP contribution in [0.5, 0.6) is 0 Å². The molecule has 0 radical (unpaired) electrons. The third kappa shape index (κ3) is 3.90. The monoisotopic (exact) mass is 336 g/mol. The lowest BCUT2D eigenvalue weighted by atomic mass is 9.96. The Morgan fingerprint density at radius 2 is 2.22 bits per heavy atom. The SMILES string of the molecule is Cc1cc(NC(=O)C(C)Sc2nnnn2C2CCCCC2)on1. The Kier molecular flexibility index (Phi) is 4.94. The average molecular weight is 336 g/mol. The number of carbonyl (C=O) groups is 1. The van der Waals surface area contributed by atoms with E-state index in [1.54, 1.807) is 13.0 Å². The van der Waals surface area contributed by atoms with E-state index in [2.05, 4.69) is 26.0 Å². The van der Waals surface area contributed by atoms with Crippen molar-refractivity contribution in [3.8, 4) is 0 Å². The van der Waals surface area contributed by atoms with Gasteiger partial charge in [-0.2, -0.15) is 0 Å². The van der Waals surface area contributed by atoms with Crippen LogP contribution in [0.4, 0.5) is 5.88 Å². The smallest absolute Gasteiger partial charge is 0.240 e. The number of aromatic nitrogens is 5. The molecule has 8 nitrogen and oxygen atoms in total. The second kappa shape index (κ2) is 7.12. The minimum absolute atomic E-state index is 0.163. The number of hydrogen-bond acceptors (Lipinski definition) is 7. The number of carbonyl (C=O) groups excluding carboxylic acids is 1. The first-order valence-corrected chi connectivity index (χ1v) is 8.70. The van der Waals surface area contributed by atoms with Gasteiger partial charge in [-0.1, -0.05) is 36.2 Å². The third-order valence-corrected chi connectivity index (χ3v) is 4.96. The van der Waals surface area contributed by atoms with Crippen LogP contribution in [0, 0.1) is 6.92 Å². The first-order chi connectivity index (χ1) is 11.1. The molecule has 0 saturated heterocycles. The normalized spacial score (nSPS) is 17.1. The summed E-state index contributed by atoms with van der Waals surface area (Å²) in [6.07, 6.45) is 5.87. The summed E-state index contributed by atoms with van der Waals surface area (Å²) in [6.45, 7) is 3.62. The van der Waals surface area contributed by atoms with Gasteiger partial charge in [-0.05, 0) is 37.1 Å². The summed E-state index contributed by atoms with van der Waals surface area (Å²) in [5.41, 5.74) is 0.724. The number of nitrogens with zero attached hydrogens (tertiary/aromatic N) is 5. The molecular weight excluding hydrogens is 316 g/mol. The van der Waals surface area contributed by atoms with Crippen molar-refractivity contribution >= 4 is 23.6 Å². The maximum atomic E-state index is 12.2. The van der Waals surface area contributed by atoms with Crippen molar-refractivity contribution in [3.63, 3.8) is 0 Å². The molecule has 2 heterocycles. The van der Waals surface area contributed by atoms with Gasteiger partial charge in [-0.3, -0.25) is 10.1 Å². The van der Waals surface area contributed by atoms with E-state index < -0.39 is 0 Å². The summed E-state index contributed by atoms with van der Waals surface area (Å²) in [7, 11) is 0. The molecule has 0 aliphatic heterocycles. The fourth-order valence-electron chi connectivity index (χ4n) is 2.68. The number of nitrogens with one attached hydrogen (secondary N) is 1. The van der Waals surface area contributed by atoms with Crippen molar-refractivity contribution in [2.75, 3.05) is 5.32 Å². The first-order valence-electron chi connectivity index (χ1n) is 7.82. The van der Waals surface area contributed by atoms with Crippen LogP contribution in [0.2, 0.25) is 0 Å². The molecule has 124 valence electrons. The highest BCUT2D eigenvalue weighted by Crippen LogP contribution is 2.31. The van der Waals surface area contributed by atoms with E-state index in [0.717, 1.165) is 18.5 Å². The Balaban J connectivity index is 1.62. The zero-order chi connectivity index (χ0) is 16.2. The van der Waals surface area contributed by atoms with Crippen LogP contribution < -0.4 is 5.32 Å². The van der Waals surface area contributed by atoms with E-state index in [0.29, 0.717) is 17.1 Å². The minimum Gasteiger partial charge on any atom is -0.338 e. The van der Waals surface area contributed by atoms with E-state index >= 15 is 0 Å². The van der Waals surface area contributed by atoms with Crippen molar-refractivity contribution in [1.29, 1.82) is 0 Å². The van der Waals surface area contributed by atoms with Crippen LogP contribution >= 0.6 is 11.8 Å². The highest BCUT2D eigenvalue weighted by atomic mass is 32.2. The summed E-state index contributed by atoms with van der Waals surface area (Å²) in [5, 5.41) is 18.8. The Morgan fingerprint density at radius 1 is 1.43 bits per heavy atom. The van der Waals surface area contributed by atoms with Gasteiger partial charge in [0.1, 0.15) is 0 Å². The molecule has 1 unspecified atom stereocenters. The van der Waals surface area contributed by atoms with E-state index in [1.165, 1.54) is 31.0 Å². The van der Waals surface area contributed by atoms with Gasteiger partial charge in [-0.25, -0.2) is 4.68 Å². The molecule has 2 aromatic heterocycles. The Hall–Kier alpha value is -1.90. The maximum Gasteiger partial charge on any atom is 0.240 e. The second-order valence-electron chi connectivity index (χ2n) is 5.78. The number of aryl methyl sites for hydroxylation is 1. The van der Waals surface area contributed by atoms with E-state index in [4.69, 9.17) is 4.52 Å². The molecule has 0 spiro atoms. The van der Waals surface area contributed by atoms with Gasteiger partial charge in [0.05, 0.1) is 17.0 Å². The van der Waals surface area contributed by atoms with Gasteiger partial charge in [0.25, 0.3) is 0 Å². The van der Waals surface area contributed by atoms with Crippen LogP contribution in [-0.2, 0) is 4.79 Å². The molecule has 0 bridgehead atoms. The van der Waals surface area contributed by atoms with Crippen LogP contribution in [0.3, 0.4) is 0 Å². The Labute approximate surface area is 138 Å². The average Bonchev–Trinajstić information content (AvgIpc) is 3.17. The standard InChI is InChI=1S/C14H20N6O2S/c1-9-8-12(22-17-9)15-13(21)10(2)23-14-16-18-19-20(14)11-6-4-3-5-7-11/h8,10-11H,3-7H2,1-2H3,(H,15,21). The predicted molar refractivity (Wildman–Crippen MR) is 85.1 cm³/mol. The van der Waals surface area contributed by atoms with Gasteiger partial charge >= 0.3 is 0 Å². The fourth-order valence-corrected chi connectivity index (χ4v) is 3.53. The van der Waals surface area contributed by atoms with E-state index in [9.17, 15) is 4.79 Å². The van der Waals surface area contributed by atoms with Crippen LogP contribution in [-0.4, -0.2) is 36.5 Å². The van der Waals surface area contributed by atoms with Crippen molar-refractivity contribution in [2.45, 2.75) is 62.4 Å². The zero-order valence-electron chi connectivity index (χ0n) is 13.2. The third-order valence-electron chi connectivity index (χ3n) is 3.91. The van der Waals surface area contributed by atoms with Gasteiger partial charge < -0.3 is 4.52 Å². The number of hydrogen-bond donors (Lipinski definition) is 1. The number of amides is 1. The van der Waals surface area contributed by atoms with Gasteiger partial charge in [0.15, 0.2) is 0 Å². The number of rotatable bonds is 5. The van der Waals surface area contributed by atoms with Crippen LogP contribution in [0.15, 0.2) is 15.7 Å². The number of anilines is 1. The predicted octanol–water partition coefficient (Wildman–Crippen LogP) is 2.59. The van der Waals surface area contributed by atoms with Crippen molar-refractivity contribution < 1.29 is 9.32 Å². The quantitative estimate of drug-likeness (QED) is 0.838. The molecular formula is C14H20N6O2S. The number of thioether (sulfide) groups is 1. The molecule has 2 aromatic rings. The summed E-state index contributed by atoms with van der Waals surface area (Å²) in [4.78, 5) is 12.2. The van der Waals surface area contributed by atoms with Gasteiger partial charge in [-0.15, -0.1) is 5.10 Å². The number of tetrazole rings is 1. The molecule has 1 saturated carbocycles. The molecule has 23 heavy (non-hydrogen) atoms. The molecule has 0 aromatic carbocycles. The van der Waals surface area contributed by atoms with E-state index in [1.807, 2.05) is 11.6 Å². The molecule has 1 N–H and O–H groups in total. The van der Waals surface area contributed by atoms with Crippen molar-refractivity contribution in [2.24, 2.45) is 0 Å². The molecule has 1 aliphatic carbocycles. The first kappa shape index (κ1) is 16.0. The van der Waals surface area contributed by atoms with Gasteiger partial charge in [0.2, 0.25) is 16.9 Å². The van der Waals surface area contributed by atoms with Crippen molar-refractivity contribution in [3.05, 3.63) is 11.8 Å². The molecule has 3 rings (SSSR count).